The van der Waals surface area contributed by atoms with Crippen molar-refractivity contribution < 1.29 is 9.15 Å². The van der Waals surface area contributed by atoms with Crippen molar-refractivity contribution in [3.63, 3.8) is 0 Å². The molecule has 0 saturated heterocycles. The highest BCUT2D eigenvalue weighted by molar-refractivity contribution is 5.77. The van der Waals surface area contributed by atoms with Crippen LogP contribution in [-0.2, 0) is 4.74 Å². The lowest BCUT2D eigenvalue weighted by atomic mass is 9.88. The molecule has 0 spiro atoms. The smallest absolute Gasteiger partial charge is 0.181 e. The summed E-state index contributed by atoms with van der Waals surface area (Å²) in [5.74, 6) is 0.794. The summed E-state index contributed by atoms with van der Waals surface area (Å²) < 4.78 is 13.3. The highest BCUT2D eigenvalue weighted by atomic mass is 16.5. The van der Waals surface area contributed by atoms with Gasteiger partial charge in [-0.3, -0.25) is 0 Å². The van der Waals surface area contributed by atoms with Gasteiger partial charge in [0.15, 0.2) is 12.2 Å². The Morgan fingerprint density at radius 1 is 1.17 bits per heavy atom. The monoisotopic (exact) mass is 309 g/mol. The number of methoxy groups -OCH3 is 1. The molecule has 0 N–H and O–H groups in total. The predicted molar refractivity (Wildman–Crippen MR) is 87.0 cm³/mol. The third-order valence-corrected chi connectivity index (χ3v) is 4.60. The van der Waals surface area contributed by atoms with Crippen molar-refractivity contribution in [2.75, 3.05) is 7.11 Å². The number of benzene rings is 1. The Morgan fingerprint density at radius 3 is 2.61 bits per heavy atom. The van der Waals surface area contributed by atoms with Gasteiger partial charge in [-0.1, -0.05) is 30.3 Å². The van der Waals surface area contributed by atoms with Gasteiger partial charge in [-0.15, -0.1) is 0 Å². The van der Waals surface area contributed by atoms with Crippen LogP contribution < -0.4 is 0 Å². The first-order valence-corrected chi connectivity index (χ1v) is 7.83. The fourth-order valence-electron chi connectivity index (χ4n) is 3.16. The van der Waals surface area contributed by atoms with Crippen LogP contribution in [0.25, 0.3) is 22.7 Å². The van der Waals surface area contributed by atoms with Gasteiger partial charge in [0.2, 0.25) is 0 Å². The molecule has 1 aliphatic rings. The van der Waals surface area contributed by atoms with E-state index in [-0.39, 0.29) is 0 Å². The summed E-state index contributed by atoms with van der Waals surface area (Å²) in [6.07, 6.45) is 5.75. The van der Waals surface area contributed by atoms with Crippen LogP contribution in [0.5, 0.6) is 0 Å². The first-order valence-electron chi connectivity index (χ1n) is 7.83. The maximum atomic E-state index is 5.68. The number of ether oxygens (including phenoxy) is 1. The minimum absolute atomic E-state index is 0.339. The van der Waals surface area contributed by atoms with Crippen LogP contribution >= 0.6 is 0 Å². The van der Waals surface area contributed by atoms with Crippen molar-refractivity contribution in [1.82, 2.24) is 14.5 Å². The maximum Gasteiger partial charge on any atom is 0.181 e. The first-order chi connectivity index (χ1) is 11.3. The Hall–Kier alpha value is -2.40. The second-order valence-corrected chi connectivity index (χ2v) is 5.96. The van der Waals surface area contributed by atoms with Gasteiger partial charge in [0.1, 0.15) is 5.69 Å². The summed E-state index contributed by atoms with van der Waals surface area (Å²) in [6.45, 7) is 1.96. The van der Waals surface area contributed by atoms with Crippen molar-refractivity contribution in [2.24, 2.45) is 0 Å². The average Bonchev–Trinajstić information content (AvgIpc) is 3.13. The van der Waals surface area contributed by atoms with Crippen molar-refractivity contribution in [3.05, 3.63) is 48.7 Å². The largest absolute Gasteiger partial charge is 0.442 e. The predicted octanol–water partition coefficient (Wildman–Crippen LogP) is 3.86. The normalized spacial score (nSPS) is 20.4. The molecule has 0 radical (unpaired) electrons. The topological polar surface area (TPSA) is 53.1 Å². The molecule has 0 amide bonds. The lowest BCUT2D eigenvalue weighted by Gasteiger charge is -2.35. The highest BCUT2D eigenvalue weighted by Gasteiger charge is 2.33. The molecule has 1 saturated carbocycles. The fraction of sp³-hybridized carbons (Fsp3) is 0.333. The van der Waals surface area contributed by atoms with E-state index in [0.29, 0.717) is 12.1 Å². The molecule has 0 atom stereocenters. The average molecular weight is 309 g/mol. The van der Waals surface area contributed by atoms with E-state index in [0.717, 1.165) is 41.2 Å². The number of hydrogen-bond acceptors (Lipinski definition) is 4. The summed E-state index contributed by atoms with van der Waals surface area (Å²) in [5, 5.41) is 0. The molecule has 0 aliphatic heterocycles. The van der Waals surface area contributed by atoms with Crippen LogP contribution in [0.1, 0.15) is 24.6 Å². The summed E-state index contributed by atoms with van der Waals surface area (Å²) in [7, 11) is 1.77. The van der Waals surface area contributed by atoms with E-state index < -0.39 is 0 Å². The molecule has 3 aromatic rings. The van der Waals surface area contributed by atoms with Crippen LogP contribution in [0.2, 0.25) is 0 Å². The van der Waals surface area contributed by atoms with Gasteiger partial charge in [0, 0.05) is 18.7 Å². The molecule has 0 bridgehead atoms. The number of rotatable bonds is 4. The van der Waals surface area contributed by atoms with Crippen LogP contribution in [0, 0.1) is 6.92 Å². The van der Waals surface area contributed by atoms with Gasteiger partial charge in [0.05, 0.1) is 23.8 Å². The number of nitrogens with zero attached hydrogens (tertiary/aromatic N) is 3. The zero-order valence-electron chi connectivity index (χ0n) is 13.3. The lowest BCUT2D eigenvalue weighted by molar-refractivity contribution is 0.00654. The van der Waals surface area contributed by atoms with Crippen LogP contribution in [0.15, 0.2) is 47.5 Å². The quantitative estimate of drug-likeness (QED) is 0.734. The standard InChI is InChI=1S/C18H19N3O2/c1-12-18(23-11-20-12)17-16(13-6-4-3-5-7-13)19-10-21(17)14-8-15(9-14)22-2/h3-7,10-11,14-15H,8-9H2,1-2H3. The van der Waals surface area contributed by atoms with Crippen molar-refractivity contribution in [2.45, 2.75) is 31.9 Å². The molecule has 1 aromatic carbocycles. The van der Waals surface area contributed by atoms with Crippen LogP contribution in [0.4, 0.5) is 0 Å². The van der Waals surface area contributed by atoms with Gasteiger partial charge < -0.3 is 13.7 Å². The maximum absolute atomic E-state index is 5.68. The van der Waals surface area contributed by atoms with Gasteiger partial charge in [-0.2, -0.15) is 0 Å². The molecule has 5 nitrogen and oxygen atoms in total. The van der Waals surface area contributed by atoms with Gasteiger partial charge in [-0.25, -0.2) is 9.97 Å². The molecular weight excluding hydrogens is 290 g/mol. The first kappa shape index (κ1) is 14.2. The van der Waals surface area contributed by atoms with Gasteiger partial charge >= 0.3 is 0 Å². The SMILES string of the molecule is COC1CC(n2cnc(-c3ccccc3)c2-c2ocnc2C)C1. The summed E-state index contributed by atoms with van der Waals surface area (Å²) in [4.78, 5) is 8.92. The lowest BCUT2D eigenvalue weighted by Crippen LogP contribution is -2.32. The minimum Gasteiger partial charge on any atom is -0.442 e. The molecular formula is C18H19N3O2. The Bertz CT molecular complexity index is 801. The third kappa shape index (κ3) is 2.37. The van der Waals surface area contributed by atoms with Crippen molar-refractivity contribution in [3.8, 4) is 22.7 Å². The van der Waals surface area contributed by atoms with Crippen LogP contribution in [-0.4, -0.2) is 27.7 Å². The molecule has 23 heavy (non-hydrogen) atoms. The highest BCUT2D eigenvalue weighted by Crippen LogP contribution is 2.41. The van der Waals surface area contributed by atoms with E-state index >= 15 is 0 Å². The Labute approximate surface area is 134 Å². The molecule has 0 unspecified atom stereocenters. The molecule has 1 fully saturated rings. The number of aromatic nitrogens is 3. The zero-order chi connectivity index (χ0) is 15.8. The third-order valence-electron chi connectivity index (χ3n) is 4.60. The molecule has 118 valence electrons. The molecule has 5 heteroatoms. The zero-order valence-corrected chi connectivity index (χ0v) is 13.3. The molecule has 2 heterocycles. The number of aryl methyl sites for hydroxylation is 1. The van der Waals surface area contributed by atoms with E-state index in [4.69, 9.17) is 9.15 Å². The second kappa shape index (κ2) is 5.66. The van der Waals surface area contributed by atoms with Gasteiger partial charge in [-0.05, 0) is 19.8 Å². The summed E-state index contributed by atoms with van der Waals surface area (Å²) in [6, 6.07) is 10.6. The molecule has 2 aromatic heterocycles. The Morgan fingerprint density at radius 2 is 1.96 bits per heavy atom. The summed E-state index contributed by atoms with van der Waals surface area (Å²) >= 11 is 0. The van der Waals surface area contributed by atoms with Gasteiger partial charge in [0.25, 0.3) is 0 Å². The van der Waals surface area contributed by atoms with E-state index in [2.05, 4.69) is 26.7 Å². The molecule has 4 rings (SSSR count). The second-order valence-electron chi connectivity index (χ2n) is 5.96. The van der Waals surface area contributed by atoms with E-state index in [1.807, 2.05) is 31.5 Å². The summed E-state index contributed by atoms with van der Waals surface area (Å²) in [5.41, 5.74) is 3.91. The number of imidazole rings is 1. The Balaban J connectivity index is 1.82. The number of oxazole rings is 1. The molecule has 1 aliphatic carbocycles. The fourth-order valence-corrected chi connectivity index (χ4v) is 3.16. The Kier molecular flexibility index (Phi) is 3.50. The van der Waals surface area contributed by atoms with Crippen molar-refractivity contribution in [1.29, 1.82) is 0 Å². The van der Waals surface area contributed by atoms with Crippen molar-refractivity contribution >= 4 is 0 Å². The van der Waals surface area contributed by atoms with Crippen LogP contribution in [0.3, 0.4) is 0 Å². The minimum atomic E-state index is 0.339. The van der Waals surface area contributed by atoms with E-state index in [1.54, 1.807) is 7.11 Å². The van der Waals surface area contributed by atoms with E-state index in [9.17, 15) is 0 Å². The van der Waals surface area contributed by atoms with E-state index in [1.165, 1.54) is 6.39 Å². The number of hydrogen-bond donors (Lipinski definition) is 0.